The maximum atomic E-state index is 12.1. The number of sulfonamides is 1. The molecule has 0 bridgehead atoms. The van der Waals surface area contributed by atoms with Crippen molar-refractivity contribution in [2.24, 2.45) is 0 Å². The lowest BCUT2D eigenvalue weighted by molar-refractivity contribution is 0.0991. The first kappa shape index (κ1) is 22.5. The molecule has 2 aromatic heterocycles. The van der Waals surface area contributed by atoms with E-state index in [0.717, 1.165) is 17.0 Å². The van der Waals surface area contributed by atoms with Crippen LogP contribution in [0.1, 0.15) is 38.4 Å². The fraction of sp³-hybridized carbons (Fsp3) is 0.667. The van der Waals surface area contributed by atoms with Gasteiger partial charge in [0, 0.05) is 32.9 Å². The van der Waals surface area contributed by atoms with Crippen molar-refractivity contribution in [2.75, 3.05) is 39.6 Å². The van der Waals surface area contributed by atoms with E-state index in [9.17, 15) is 8.42 Å². The monoisotopic (exact) mass is 413 g/mol. The Morgan fingerprint density at radius 3 is 2.54 bits per heavy atom. The Morgan fingerprint density at radius 2 is 1.93 bits per heavy atom. The predicted octanol–water partition coefficient (Wildman–Crippen LogP) is 1.72. The van der Waals surface area contributed by atoms with Crippen LogP contribution < -0.4 is 5.73 Å². The van der Waals surface area contributed by atoms with Crippen LogP contribution in [0.15, 0.2) is 6.07 Å². The molecule has 2 N–H and O–H groups in total. The van der Waals surface area contributed by atoms with Gasteiger partial charge in [0.15, 0.2) is 5.82 Å². The molecular formula is C18H31N5O4S. The first-order valence-electron chi connectivity index (χ1n) is 9.28. The minimum atomic E-state index is -3.27. The number of aryl methyl sites for hydroxylation is 1. The van der Waals surface area contributed by atoms with Gasteiger partial charge in [0.05, 0.1) is 24.0 Å². The molecule has 0 saturated heterocycles. The molecule has 0 radical (unpaired) electrons. The summed E-state index contributed by atoms with van der Waals surface area (Å²) in [6.07, 6.45) is -0.213. The van der Waals surface area contributed by atoms with Crippen LogP contribution in [0.25, 0.3) is 11.0 Å². The molecule has 158 valence electrons. The van der Waals surface area contributed by atoms with E-state index in [1.807, 2.05) is 24.5 Å². The molecule has 2 heterocycles. The minimum absolute atomic E-state index is 0.213. The number of imidazole rings is 1. The van der Waals surface area contributed by atoms with Crippen molar-refractivity contribution in [3.63, 3.8) is 0 Å². The third-order valence-electron chi connectivity index (χ3n) is 4.68. The number of pyridine rings is 1. The molecule has 28 heavy (non-hydrogen) atoms. The lowest BCUT2D eigenvalue weighted by Gasteiger charge is -2.19. The predicted molar refractivity (Wildman–Crippen MR) is 110 cm³/mol. The number of hydrogen-bond acceptors (Lipinski definition) is 7. The van der Waals surface area contributed by atoms with E-state index in [4.69, 9.17) is 15.2 Å². The smallest absolute Gasteiger partial charge is 0.216 e. The topological polar surface area (TPSA) is 113 Å². The highest BCUT2D eigenvalue weighted by molar-refractivity contribution is 7.89. The zero-order valence-corrected chi connectivity index (χ0v) is 18.3. The second-order valence-electron chi connectivity index (χ2n) is 7.04. The Balaban J connectivity index is 2.07. The molecule has 10 heteroatoms. The van der Waals surface area contributed by atoms with E-state index in [1.165, 1.54) is 4.31 Å². The highest BCUT2D eigenvalue weighted by atomic mass is 32.2. The highest BCUT2D eigenvalue weighted by Crippen LogP contribution is 2.26. The molecule has 0 aliphatic heterocycles. The Labute approximate surface area is 166 Å². The molecule has 0 saturated carbocycles. The normalized spacial score (nSPS) is 13.7. The van der Waals surface area contributed by atoms with Crippen molar-refractivity contribution < 1.29 is 17.9 Å². The van der Waals surface area contributed by atoms with E-state index < -0.39 is 15.3 Å². The summed E-state index contributed by atoms with van der Waals surface area (Å²) in [5.41, 5.74) is 8.37. The van der Waals surface area contributed by atoms with Crippen molar-refractivity contribution in [3.8, 4) is 0 Å². The Morgan fingerprint density at radius 1 is 1.25 bits per heavy atom. The van der Waals surface area contributed by atoms with Crippen molar-refractivity contribution in [3.05, 3.63) is 17.6 Å². The number of nitrogens with zero attached hydrogens (tertiary/aromatic N) is 4. The number of nitrogens with two attached hydrogens (primary N) is 1. The van der Waals surface area contributed by atoms with E-state index in [1.54, 1.807) is 28.0 Å². The van der Waals surface area contributed by atoms with Gasteiger partial charge < -0.3 is 19.8 Å². The first-order valence-corrected chi connectivity index (χ1v) is 10.8. The van der Waals surface area contributed by atoms with Gasteiger partial charge in [-0.15, -0.1) is 0 Å². The van der Waals surface area contributed by atoms with Gasteiger partial charge in [0.25, 0.3) is 0 Å². The Bertz CT molecular complexity index is 910. The van der Waals surface area contributed by atoms with E-state index >= 15 is 0 Å². The number of aromatic nitrogens is 3. The maximum Gasteiger partial charge on any atom is 0.216 e. The van der Waals surface area contributed by atoms with Crippen LogP contribution in [0.2, 0.25) is 0 Å². The molecular weight excluding hydrogens is 382 g/mol. The standard InChI is InChI=1S/C18H31N5O4S/c1-12(2)28(24,25)22(5)7-9-27-10-8-23-15-11-13(3)20-17(19)16(15)21-18(23)14(4)26-6/h11-12,14H,7-10H2,1-6H3,(H2,19,20). The highest BCUT2D eigenvalue weighted by Gasteiger charge is 2.22. The molecule has 0 aliphatic carbocycles. The van der Waals surface area contributed by atoms with Gasteiger partial charge >= 0.3 is 0 Å². The van der Waals surface area contributed by atoms with Crippen LogP contribution in [0.5, 0.6) is 0 Å². The van der Waals surface area contributed by atoms with Crippen molar-refractivity contribution in [2.45, 2.75) is 45.6 Å². The summed E-state index contributed by atoms with van der Waals surface area (Å²) in [6, 6.07) is 1.94. The number of likely N-dealkylation sites (N-methyl/N-ethyl adjacent to an activating group) is 1. The van der Waals surface area contributed by atoms with Crippen LogP contribution in [0.3, 0.4) is 0 Å². The summed E-state index contributed by atoms with van der Waals surface area (Å²) in [5.74, 6) is 1.14. The van der Waals surface area contributed by atoms with Crippen LogP contribution in [-0.2, 0) is 26.0 Å². The second kappa shape index (κ2) is 9.17. The number of nitrogen functional groups attached to an aromatic ring is 1. The molecule has 1 atom stereocenters. The molecule has 2 rings (SSSR count). The summed E-state index contributed by atoms with van der Waals surface area (Å²) in [6.45, 7) is 8.70. The Hall–Kier alpha value is -1.75. The van der Waals surface area contributed by atoms with Crippen molar-refractivity contribution in [1.29, 1.82) is 0 Å². The molecule has 0 aromatic carbocycles. The number of hydrogen-bond donors (Lipinski definition) is 1. The number of rotatable bonds is 10. The number of anilines is 1. The number of fused-ring (bicyclic) bond motifs is 1. The van der Waals surface area contributed by atoms with Crippen LogP contribution in [-0.4, -0.2) is 66.4 Å². The second-order valence-corrected chi connectivity index (χ2v) is 9.64. The SMILES string of the molecule is COC(C)c1nc2c(N)nc(C)cc2n1CCOCCN(C)S(=O)(=O)C(C)C. The number of ether oxygens (including phenoxy) is 2. The van der Waals surface area contributed by atoms with Gasteiger partial charge in [-0.2, -0.15) is 0 Å². The molecule has 0 fully saturated rings. The van der Waals surface area contributed by atoms with E-state index in [-0.39, 0.29) is 6.10 Å². The zero-order valence-electron chi connectivity index (χ0n) is 17.5. The molecule has 1 unspecified atom stereocenters. The van der Waals surface area contributed by atoms with Crippen molar-refractivity contribution >= 4 is 26.9 Å². The molecule has 0 amide bonds. The fourth-order valence-corrected chi connectivity index (χ4v) is 3.93. The van der Waals surface area contributed by atoms with Gasteiger partial charge in [-0.3, -0.25) is 0 Å². The molecule has 0 spiro atoms. The largest absolute Gasteiger partial charge is 0.382 e. The van der Waals surface area contributed by atoms with Crippen LogP contribution in [0, 0.1) is 6.92 Å². The average molecular weight is 414 g/mol. The third kappa shape index (κ3) is 4.80. The summed E-state index contributed by atoms with van der Waals surface area (Å²) in [4.78, 5) is 8.89. The van der Waals surface area contributed by atoms with E-state index in [2.05, 4.69) is 9.97 Å². The summed E-state index contributed by atoms with van der Waals surface area (Å²) < 4.78 is 38.6. The Kier molecular flexibility index (Phi) is 7.38. The molecule has 2 aromatic rings. The molecule has 9 nitrogen and oxygen atoms in total. The van der Waals surface area contributed by atoms with Gasteiger partial charge in [-0.1, -0.05) is 0 Å². The summed E-state index contributed by atoms with van der Waals surface area (Å²) >= 11 is 0. The van der Waals surface area contributed by atoms with Gasteiger partial charge in [0.1, 0.15) is 17.4 Å². The van der Waals surface area contributed by atoms with E-state index in [0.29, 0.717) is 37.6 Å². The average Bonchev–Trinajstić information content (AvgIpc) is 2.99. The third-order valence-corrected chi connectivity index (χ3v) is 6.92. The van der Waals surface area contributed by atoms with Crippen molar-refractivity contribution in [1.82, 2.24) is 18.8 Å². The lowest BCUT2D eigenvalue weighted by atomic mass is 10.3. The zero-order chi connectivity index (χ0) is 21.1. The van der Waals surface area contributed by atoms with Gasteiger partial charge in [-0.25, -0.2) is 22.7 Å². The quantitative estimate of drug-likeness (QED) is 0.590. The minimum Gasteiger partial charge on any atom is -0.382 e. The number of methoxy groups -OCH3 is 1. The fourth-order valence-electron chi connectivity index (χ4n) is 2.88. The van der Waals surface area contributed by atoms with Gasteiger partial charge in [0.2, 0.25) is 10.0 Å². The first-order chi connectivity index (χ1) is 13.1. The molecule has 0 aliphatic rings. The maximum absolute atomic E-state index is 12.1. The van der Waals surface area contributed by atoms with Crippen LogP contribution in [0.4, 0.5) is 5.82 Å². The van der Waals surface area contributed by atoms with Gasteiger partial charge in [-0.05, 0) is 33.8 Å². The lowest BCUT2D eigenvalue weighted by Crippen LogP contribution is -2.35. The van der Waals surface area contributed by atoms with Crippen LogP contribution >= 0.6 is 0 Å². The summed E-state index contributed by atoms with van der Waals surface area (Å²) in [7, 11) is -0.0701. The summed E-state index contributed by atoms with van der Waals surface area (Å²) in [5, 5.41) is -0.449.